The fourth-order valence-corrected chi connectivity index (χ4v) is 9.77. The molecule has 53 heavy (non-hydrogen) atoms. The molecule has 0 fully saturated rings. The molecule has 12 rings (SSSR count). The van der Waals surface area contributed by atoms with Crippen LogP contribution in [0.1, 0.15) is 0 Å². The van der Waals surface area contributed by atoms with Gasteiger partial charge < -0.3 is 8.83 Å². The van der Waals surface area contributed by atoms with Gasteiger partial charge in [0.2, 0.25) is 0 Å². The summed E-state index contributed by atoms with van der Waals surface area (Å²) in [6.45, 7) is 0. The van der Waals surface area contributed by atoms with Crippen LogP contribution in [0.25, 0.3) is 120 Å². The van der Waals surface area contributed by atoms with Gasteiger partial charge >= 0.3 is 0 Å². The molecule has 3 aromatic heterocycles. The molecule has 0 saturated carbocycles. The molecule has 0 aliphatic rings. The van der Waals surface area contributed by atoms with E-state index in [4.69, 9.17) is 8.83 Å². The van der Waals surface area contributed by atoms with E-state index in [1.807, 2.05) is 0 Å². The first-order valence-corrected chi connectivity index (χ1v) is 18.9. The van der Waals surface area contributed by atoms with Crippen molar-refractivity contribution in [2.45, 2.75) is 0 Å². The van der Waals surface area contributed by atoms with Gasteiger partial charge in [0.25, 0.3) is 0 Å². The first-order chi connectivity index (χ1) is 26.3. The van der Waals surface area contributed by atoms with Gasteiger partial charge in [-0.15, -0.1) is 11.3 Å². The van der Waals surface area contributed by atoms with E-state index in [1.165, 1.54) is 70.0 Å². The van der Waals surface area contributed by atoms with Crippen LogP contribution in [0.4, 0.5) is 0 Å². The van der Waals surface area contributed by atoms with Crippen LogP contribution in [0.3, 0.4) is 0 Å². The molecule has 3 heterocycles. The van der Waals surface area contributed by atoms with Gasteiger partial charge in [-0.25, -0.2) is 0 Å². The van der Waals surface area contributed by atoms with Crippen molar-refractivity contribution in [1.29, 1.82) is 0 Å². The van der Waals surface area contributed by atoms with Gasteiger partial charge in [-0.3, -0.25) is 0 Å². The number of benzene rings is 9. The Morgan fingerprint density at radius 3 is 1.79 bits per heavy atom. The molecule has 0 spiro atoms. The molecule has 12 aromatic rings. The van der Waals surface area contributed by atoms with Crippen molar-refractivity contribution in [3.05, 3.63) is 169 Å². The molecule has 0 bridgehead atoms. The SMILES string of the molecule is c1ccc(-c2csc3ccc4oc5cc(-c6c7ccccc7c(-c7cccc8c7oc7cc9ccccc9cc78)c7ccccc67)ccc5c4c23)cc1. The van der Waals surface area contributed by atoms with Crippen molar-refractivity contribution in [3.63, 3.8) is 0 Å². The molecule has 0 aliphatic heterocycles. The van der Waals surface area contributed by atoms with E-state index in [1.54, 1.807) is 11.3 Å². The van der Waals surface area contributed by atoms with Gasteiger partial charge in [-0.2, -0.15) is 0 Å². The minimum absolute atomic E-state index is 0.895. The second-order valence-corrected chi connectivity index (χ2v) is 14.9. The molecule has 0 aliphatic carbocycles. The molecule has 9 aromatic carbocycles. The lowest BCUT2D eigenvalue weighted by molar-refractivity contribution is 0.669. The van der Waals surface area contributed by atoms with E-state index in [2.05, 4.69) is 169 Å². The lowest BCUT2D eigenvalue weighted by Gasteiger charge is -2.17. The first kappa shape index (κ1) is 29.0. The smallest absolute Gasteiger partial charge is 0.143 e. The number of hydrogen-bond acceptors (Lipinski definition) is 3. The second kappa shape index (κ2) is 10.9. The summed E-state index contributed by atoms with van der Waals surface area (Å²) in [4.78, 5) is 0. The topological polar surface area (TPSA) is 26.3 Å². The number of thiophene rings is 1. The van der Waals surface area contributed by atoms with E-state index in [0.717, 1.165) is 49.6 Å². The molecule has 0 amide bonds. The van der Waals surface area contributed by atoms with Gasteiger partial charge in [0.05, 0.1) is 0 Å². The maximum Gasteiger partial charge on any atom is 0.143 e. The highest BCUT2D eigenvalue weighted by molar-refractivity contribution is 7.18. The molecule has 0 atom stereocenters. The van der Waals surface area contributed by atoms with E-state index in [9.17, 15) is 0 Å². The minimum Gasteiger partial charge on any atom is -0.456 e. The molecule has 2 nitrogen and oxygen atoms in total. The maximum absolute atomic E-state index is 6.79. The Kier molecular flexibility index (Phi) is 5.96. The fourth-order valence-electron chi connectivity index (χ4n) is 8.79. The third-order valence-electron chi connectivity index (χ3n) is 11.1. The zero-order valence-corrected chi connectivity index (χ0v) is 29.2. The summed E-state index contributed by atoms with van der Waals surface area (Å²) in [5.41, 5.74) is 10.7. The third-order valence-corrected chi connectivity index (χ3v) is 12.1. The van der Waals surface area contributed by atoms with Crippen LogP contribution >= 0.6 is 11.3 Å². The monoisotopic (exact) mass is 692 g/mol. The summed E-state index contributed by atoms with van der Waals surface area (Å²) in [5, 5.41) is 15.3. The number of hydrogen-bond donors (Lipinski definition) is 0. The molecular weight excluding hydrogens is 665 g/mol. The van der Waals surface area contributed by atoms with Crippen LogP contribution in [-0.2, 0) is 0 Å². The fraction of sp³-hybridized carbons (Fsp3) is 0. The molecule has 246 valence electrons. The Morgan fingerprint density at radius 2 is 1.02 bits per heavy atom. The lowest BCUT2D eigenvalue weighted by Crippen LogP contribution is -1.91. The zero-order chi connectivity index (χ0) is 34.6. The van der Waals surface area contributed by atoms with Crippen molar-refractivity contribution < 1.29 is 8.83 Å². The summed E-state index contributed by atoms with van der Waals surface area (Å²) in [7, 11) is 0. The van der Waals surface area contributed by atoms with Gasteiger partial charge in [0, 0.05) is 48.3 Å². The van der Waals surface area contributed by atoms with Gasteiger partial charge in [0.15, 0.2) is 0 Å². The van der Waals surface area contributed by atoms with Gasteiger partial charge in [0.1, 0.15) is 22.3 Å². The summed E-state index contributed by atoms with van der Waals surface area (Å²) in [5.74, 6) is 0. The van der Waals surface area contributed by atoms with Crippen molar-refractivity contribution in [2.75, 3.05) is 0 Å². The van der Waals surface area contributed by atoms with Crippen molar-refractivity contribution in [1.82, 2.24) is 0 Å². The second-order valence-electron chi connectivity index (χ2n) is 14.0. The molecule has 0 radical (unpaired) electrons. The number of fused-ring (bicyclic) bond motifs is 11. The van der Waals surface area contributed by atoms with Crippen LogP contribution in [0, 0.1) is 0 Å². The van der Waals surface area contributed by atoms with Crippen LogP contribution in [-0.4, -0.2) is 0 Å². The average Bonchev–Trinajstić information content (AvgIpc) is 3.92. The number of para-hydroxylation sites is 1. The Balaban J connectivity index is 1.12. The van der Waals surface area contributed by atoms with Crippen LogP contribution in [0.5, 0.6) is 0 Å². The predicted molar refractivity (Wildman–Crippen MR) is 225 cm³/mol. The van der Waals surface area contributed by atoms with Crippen molar-refractivity contribution in [3.8, 4) is 33.4 Å². The quantitative estimate of drug-likeness (QED) is 0.172. The van der Waals surface area contributed by atoms with E-state index >= 15 is 0 Å². The summed E-state index contributed by atoms with van der Waals surface area (Å²) < 4.78 is 14.8. The summed E-state index contributed by atoms with van der Waals surface area (Å²) in [6.07, 6.45) is 0. The average molecular weight is 693 g/mol. The van der Waals surface area contributed by atoms with Gasteiger partial charge in [-0.1, -0.05) is 127 Å². The van der Waals surface area contributed by atoms with Crippen molar-refractivity contribution in [2.24, 2.45) is 0 Å². The Bertz CT molecular complexity index is 3390. The molecule has 0 saturated heterocycles. The Hall–Kier alpha value is -6.68. The molecule has 3 heteroatoms. The zero-order valence-electron chi connectivity index (χ0n) is 28.4. The van der Waals surface area contributed by atoms with Crippen molar-refractivity contribution >= 4 is 97.6 Å². The summed E-state index contributed by atoms with van der Waals surface area (Å²) >= 11 is 1.79. The highest BCUT2D eigenvalue weighted by atomic mass is 32.1. The Morgan fingerprint density at radius 1 is 0.358 bits per heavy atom. The molecular formula is C50H28O2S. The largest absolute Gasteiger partial charge is 0.456 e. The normalized spacial score (nSPS) is 12.2. The standard InChI is InChI=1S/C50H28O2S/c1-2-11-29(12-3-1)41-28-53-45-24-23-42-48(49(41)45)38-22-21-32(27-43(38)51-42)46-33-15-6-8-17-35(33)47(36-18-9-7-16-34(36)46)39-20-10-19-37-40-25-30-13-4-5-14-31(30)26-44(40)52-50(37)39/h1-28H. The number of furan rings is 2. The maximum atomic E-state index is 6.79. The predicted octanol–water partition coefficient (Wildman–Crippen LogP) is 15.2. The third kappa shape index (κ3) is 4.14. The van der Waals surface area contributed by atoms with E-state index in [0.29, 0.717) is 0 Å². The molecule has 0 N–H and O–H groups in total. The van der Waals surface area contributed by atoms with Crippen LogP contribution in [0.2, 0.25) is 0 Å². The highest BCUT2D eigenvalue weighted by Crippen LogP contribution is 2.48. The van der Waals surface area contributed by atoms with E-state index in [-0.39, 0.29) is 0 Å². The van der Waals surface area contributed by atoms with Gasteiger partial charge in [-0.05, 0) is 90.8 Å². The summed E-state index contributed by atoms with van der Waals surface area (Å²) in [6, 6.07) is 58.9. The Labute approximate surface area is 307 Å². The first-order valence-electron chi connectivity index (χ1n) is 18.0. The highest BCUT2D eigenvalue weighted by Gasteiger charge is 2.22. The lowest BCUT2D eigenvalue weighted by atomic mass is 9.85. The van der Waals surface area contributed by atoms with E-state index < -0.39 is 0 Å². The minimum atomic E-state index is 0.895. The van der Waals surface area contributed by atoms with Crippen LogP contribution < -0.4 is 0 Å². The molecule has 0 unspecified atom stereocenters. The van der Waals surface area contributed by atoms with Crippen LogP contribution in [0.15, 0.2) is 178 Å². The number of rotatable bonds is 3.